The summed E-state index contributed by atoms with van der Waals surface area (Å²) in [4.78, 5) is 30.6. The van der Waals surface area contributed by atoms with Crippen LogP contribution in [-0.4, -0.2) is 67.9 Å². The lowest BCUT2D eigenvalue weighted by molar-refractivity contribution is 0.0695. The summed E-state index contributed by atoms with van der Waals surface area (Å²) >= 11 is 0. The number of sulfonamides is 1. The molecule has 2 fully saturated rings. The van der Waals surface area contributed by atoms with Gasteiger partial charge in [0.1, 0.15) is 5.56 Å². The van der Waals surface area contributed by atoms with Crippen LogP contribution >= 0.6 is 0 Å². The molecular weight excluding hydrogens is 394 g/mol. The molecule has 1 amide bonds. The quantitative estimate of drug-likeness (QED) is 0.811. The van der Waals surface area contributed by atoms with Crippen LogP contribution in [0.2, 0.25) is 0 Å². The highest BCUT2D eigenvalue weighted by Crippen LogP contribution is 2.22. The second kappa shape index (κ2) is 7.89. The number of carbonyl (C=O) groups is 1. The second-order valence-corrected chi connectivity index (χ2v) is 9.67. The van der Waals surface area contributed by atoms with E-state index in [1.165, 1.54) is 22.6 Å². The lowest BCUT2D eigenvalue weighted by atomic mass is 9.98. The van der Waals surface area contributed by atoms with Crippen molar-refractivity contribution in [2.45, 2.75) is 24.7 Å². The van der Waals surface area contributed by atoms with Crippen molar-refractivity contribution in [3.63, 3.8) is 0 Å². The predicted molar refractivity (Wildman–Crippen MR) is 108 cm³/mol. The lowest BCUT2D eigenvalue weighted by Crippen LogP contribution is -2.40. The highest BCUT2D eigenvalue weighted by Gasteiger charge is 2.28. The van der Waals surface area contributed by atoms with E-state index in [9.17, 15) is 18.0 Å². The molecule has 8 nitrogen and oxygen atoms in total. The first-order valence-corrected chi connectivity index (χ1v) is 11.3. The molecule has 3 heterocycles. The summed E-state index contributed by atoms with van der Waals surface area (Å²) in [6.45, 7) is 4.67. The Kier molecular flexibility index (Phi) is 5.46. The highest BCUT2D eigenvalue weighted by atomic mass is 32.2. The molecule has 2 aliphatic rings. The fourth-order valence-electron chi connectivity index (χ4n) is 3.84. The number of nitrogens with one attached hydrogen (secondary N) is 1. The summed E-state index contributed by atoms with van der Waals surface area (Å²) in [5.41, 5.74) is 0.106. The van der Waals surface area contributed by atoms with Gasteiger partial charge in [-0.25, -0.2) is 8.42 Å². The number of likely N-dealkylation sites (tertiary alicyclic amines) is 1. The Morgan fingerprint density at radius 2 is 1.83 bits per heavy atom. The minimum atomic E-state index is -3.72. The Morgan fingerprint density at radius 1 is 1.14 bits per heavy atom. The van der Waals surface area contributed by atoms with Crippen molar-refractivity contribution in [2.75, 3.05) is 39.4 Å². The van der Waals surface area contributed by atoms with E-state index >= 15 is 0 Å². The van der Waals surface area contributed by atoms with E-state index in [-0.39, 0.29) is 34.8 Å². The molecule has 0 aliphatic carbocycles. The molecule has 1 aromatic carbocycles. The zero-order valence-corrected chi connectivity index (χ0v) is 17.2. The Hall–Kier alpha value is -2.23. The van der Waals surface area contributed by atoms with Crippen LogP contribution < -0.4 is 5.43 Å². The number of pyridine rings is 1. The SMILES string of the molecule is CC1CCN(C(=O)c2c[nH]c3ccc(S(=O)(=O)N4CCOCC4)cc3c2=O)CC1. The summed E-state index contributed by atoms with van der Waals surface area (Å²) < 4.78 is 32.4. The minimum Gasteiger partial charge on any atom is -0.379 e. The van der Waals surface area contributed by atoms with Gasteiger partial charge in [0.05, 0.1) is 18.1 Å². The molecule has 2 aliphatic heterocycles. The van der Waals surface area contributed by atoms with E-state index in [0.717, 1.165) is 12.8 Å². The fraction of sp³-hybridized carbons (Fsp3) is 0.500. The van der Waals surface area contributed by atoms with Gasteiger partial charge >= 0.3 is 0 Å². The molecular formula is C20H25N3O5S. The van der Waals surface area contributed by atoms with Gasteiger partial charge in [0.2, 0.25) is 15.5 Å². The molecule has 29 heavy (non-hydrogen) atoms. The van der Waals surface area contributed by atoms with Crippen molar-refractivity contribution in [2.24, 2.45) is 5.92 Å². The largest absolute Gasteiger partial charge is 0.379 e. The average molecular weight is 420 g/mol. The van der Waals surface area contributed by atoms with Crippen molar-refractivity contribution in [3.05, 3.63) is 40.2 Å². The first kappa shape index (κ1) is 20.1. The molecule has 0 spiro atoms. The summed E-state index contributed by atoms with van der Waals surface area (Å²) in [7, 11) is -3.72. The van der Waals surface area contributed by atoms with Crippen molar-refractivity contribution in [1.82, 2.24) is 14.2 Å². The van der Waals surface area contributed by atoms with Gasteiger partial charge in [0.15, 0.2) is 0 Å². The number of hydrogen-bond acceptors (Lipinski definition) is 5. The van der Waals surface area contributed by atoms with Crippen LogP contribution in [0.4, 0.5) is 0 Å². The van der Waals surface area contributed by atoms with Gasteiger partial charge in [-0.2, -0.15) is 4.31 Å². The monoisotopic (exact) mass is 419 g/mol. The number of benzene rings is 1. The van der Waals surface area contributed by atoms with Crippen LogP contribution in [0.5, 0.6) is 0 Å². The number of fused-ring (bicyclic) bond motifs is 1. The van der Waals surface area contributed by atoms with Gasteiger partial charge in [0, 0.05) is 43.3 Å². The third-order valence-electron chi connectivity index (χ3n) is 5.76. The number of piperidine rings is 1. The maximum absolute atomic E-state index is 13.0. The van der Waals surface area contributed by atoms with Crippen molar-refractivity contribution >= 4 is 26.8 Å². The van der Waals surface area contributed by atoms with Crippen molar-refractivity contribution in [3.8, 4) is 0 Å². The van der Waals surface area contributed by atoms with Crippen LogP contribution in [0.3, 0.4) is 0 Å². The van der Waals surface area contributed by atoms with Crippen LogP contribution in [-0.2, 0) is 14.8 Å². The van der Waals surface area contributed by atoms with E-state index < -0.39 is 15.5 Å². The standard InChI is InChI=1S/C20H25N3O5S/c1-14-4-6-22(7-5-14)20(25)17-13-21-18-3-2-15(12-16(18)19(17)24)29(26,27)23-8-10-28-11-9-23/h2-3,12-14H,4-11H2,1H3,(H,21,24). The van der Waals surface area contributed by atoms with Gasteiger partial charge in [-0.05, 0) is 37.0 Å². The van der Waals surface area contributed by atoms with Gasteiger partial charge < -0.3 is 14.6 Å². The van der Waals surface area contributed by atoms with Crippen LogP contribution in [0.25, 0.3) is 10.9 Å². The average Bonchev–Trinajstić information content (AvgIpc) is 2.74. The minimum absolute atomic E-state index is 0.0490. The summed E-state index contributed by atoms with van der Waals surface area (Å²) in [6.07, 6.45) is 3.26. The summed E-state index contributed by atoms with van der Waals surface area (Å²) in [5, 5.41) is 0.204. The third kappa shape index (κ3) is 3.82. The van der Waals surface area contributed by atoms with Gasteiger partial charge in [-0.15, -0.1) is 0 Å². The first-order chi connectivity index (χ1) is 13.9. The maximum Gasteiger partial charge on any atom is 0.259 e. The molecule has 1 N–H and O–H groups in total. The molecule has 156 valence electrons. The Balaban J connectivity index is 1.70. The van der Waals surface area contributed by atoms with E-state index in [0.29, 0.717) is 37.7 Å². The zero-order valence-electron chi connectivity index (χ0n) is 16.4. The number of aromatic amines is 1. The topological polar surface area (TPSA) is 99.8 Å². The van der Waals surface area contributed by atoms with Gasteiger partial charge in [0.25, 0.3) is 5.91 Å². The fourth-order valence-corrected chi connectivity index (χ4v) is 5.27. The molecule has 0 atom stereocenters. The first-order valence-electron chi connectivity index (χ1n) is 9.90. The number of H-pyrrole nitrogens is 1. The predicted octanol–water partition coefficient (Wildman–Crippen LogP) is 1.42. The highest BCUT2D eigenvalue weighted by molar-refractivity contribution is 7.89. The Labute approximate surface area is 169 Å². The second-order valence-electron chi connectivity index (χ2n) is 7.73. The molecule has 0 bridgehead atoms. The number of rotatable bonds is 3. The number of amides is 1. The van der Waals surface area contributed by atoms with Crippen LogP contribution in [0.1, 0.15) is 30.1 Å². The number of aromatic nitrogens is 1. The molecule has 0 unspecified atom stereocenters. The molecule has 4 rings (SSSR count). The van der Waals surface area contributed by atoms with E-state index in [1.54, 1.807) is 11.0 Å². The summed E-state index contributed by atoms with van der Waals surface area (Å²) in [5.74, 6) is 0.267. The van der Waals surface area contributed by atoms with Crippen LogP contribution in [0.15, 0.2) is 34.1 Å². The summed E-state index contributed by atoms with van der Waals surface area (Å²) in [6, 6.07) is 4.42. The van der Waals surface area contributed by atoms with E-state index in [2.05, 4.69) is 11.9 Å². The van der Waals surface area contributed by atoms with Crippen molar-refractivity contribution in [1.29, 1.82) is 0 Å². The maximum atomic E-state index is 13.0. The van der Waals surface area contributed by atoms with Crippen molar-refractivity contribution < 1.29 is 17.9 Å². The molecule has 1 aromatic heterocycles. The molecule has 2 aromatic rings. The molecule has 0 radical (unpaired) electrons. The number of nitrogens with zero attached hydrogens (tertiary/aromatic N) is 2. The number of ether oxygens (including phenoxy) is 1. The number of hydrogen-bond donors (Lipinski definition) is 1. The number of morpholine rings is 1. The third-order valence-corrected chi connectivity index (χ3v) is 7.66. The Bertz CT molecular complexity index is 1080. The van der Waals surface area contributed by atoms with Gasteiger partial charge in [-0.3, -0.25) is 9.59 Å². The van der Waals surface area contributed by atoms with E-state index in [1.807, 2.05) is 0 Å². The Morgan fingerprint density at radius 3 is 2.52 bits per heavy atom. The molecule has 2 saturated heterocycles. The smallest absolute Gasteiger partial charge is 0.259 e. The van der Waals surface area contributed by atoms with E-state index in [4.69, 9.17) is 4.74 Å². The molecule has 0 saturated carbocycles. The normalized spacial score (nSPS) is 19.6. The van der Waals surface area contributed by atoms with Crippen LogP contribution in [0, 0.1) is 5.92 Å². The van der Waals surface area contributed by atoms with Gasteiger partial charge in [-0.1, -0.05) is 6.92 Å². The number of carbonyl (C=O) groups excluding carboxylic acids is 1. The zero-order chi connectivity index (χ0) is 20.6. The lowest BCUT2D eigenvalue weighted by Gasteiger charge is -2.30. The molecule has 9 heteroatoms.